The van der Waals surface area contributed by atoms with Crippen LogP contribution in [0.2, 0.25) is 0 Å². The number of fused-ring (bicyclic) bond motifs is 1. The number of carbonyl (C=O) groups is 2. The number of Topliss-reactive ketones (excluding diaryl/α,β-unsaturated/α-hetero) is 1. The van der Waals surface area contributed by atoms with Gasteiger partial charge in [-0.15, -0.1) is 0 Å². The van der Waals surface area contributed by atoms with E-state index in [1.165, 1.54) is 19.2 Å². The Morgan fingerprint density at radius 2 is 1.93 bits per heavy atom. The molecule has 1 aromatic heterocycles. The second-order valence-electron chi connectivity index (χ2n) is 5.81. The number of ether oxygens (including phenoxy) is 2. The number of hydrogen-bond donors (Lipinski definition) is 1. The number of aromatic amines is 1. The Morgan fingerprint density at radius 1 is 1.19 bits per heavy atom. The van der Waals surface area contributed by atoms with Gasteiger partial charge in [-0.2, -0.15) is 0 Å². The highest BCUT2D eigenvalue weighted by Gasteiger charge is 2.21. The van der Waals surface area contributed by atoms with Crippen molar-refractivity contribution in [2.75, 3.05) is 13.7 Å². The van der Waals surface area contributed by atoms with Gasteiger partial charge in [0.05, 0.1) is 12.0 Å². The van der Waals surface area contributed by atoms with E-state index in [1.807, 2.05) is 18.2 Å². The maximum Gasteiger partial charge on any atom is 0.342 e. The molecule has 0 saturated carbocycles. The second kappa shape index (κ2) is 7.28. The van der Waals surface area contributed by atoms with E-state index in [1.54, 1.807) is 13.0 Å². The highest BCUT2D eigenvalue weighted by molar-refractivity contribution is 6.10. The van der Waals surface area contributed by atoms with Crippen molar-refractivity contribution in [3.8, 4) is 5.75 Å². The van der Waals surface area contributed by atoms with Crippen molar-refractivity contribution < 1.29 is 24.0 Å². The molecule has 27 heavy (non-hydrogen) atoms. The molecular formula is C19H16N2O6. The standard InChI is InChI=1S/C19H16N2O6/c1-11-18(13-5-3-4-6-15(13)20-11)16(22)10-27-19(23)14-9-12(21(24)25)7-8-17(14)26-2/h3-9,20H,10H2,1-2H3. The minimum Gasteiger partial charge on any atom is -0.496 e. The first-order valence-electron chi connectivity index (χ1n) is 8.02. The summed E-state index contributed by atoms with van der Waals surface area (Å²) in [5.74, 6) is -1.12. The summed E-state index contributed by atoms with van der Waals surface area (Å²) >= 11 is 0. The number of hydrogen-bond acceptors (Lipinski definition) is 6. The molecule has 8 nitrogen and oxygen atoms in total. The molecule has 0 unspecified atom stereocenters. The molecule has 2 aromatic carbocycles. The fourth-order valence-electron chi connectivity index (χ4n) is 2.89. The zero-order valence-corrected chi connectivity index (χ0v) is 14.6. The molecule has 0 aliphatic carbocycles. The quantitative estimate of drug-likeness (QED) is 0.309. The molecular weight excluding hydrogens is 352 g/mol. The van der Waals surface area contributed by atoms with Gasteiger partial charge in [-0.3, -0.25) is 14.9 Å². The van der Waals surface area contributed by atoms with Crippen LogP contribution >= 0.6 is 0 Å². The minimum atomic E-state index is -0.874. The number of benzene rings is 2. The molecule has 1 N–H and O–H groups in total. The maximum absolute atomic E-state index is 12.6. The van der Waals surface area contributed by atoms with E-state index in [2.05, 4.69) is 4.98 Å². The van der Waals surface area contributed by atoms with Gasteiger partial charge in [-0.25, -0.2) is 4.79 Å². The lowest BCUT2D eigenvalue weighted by atomic mass is 10.1. The van der Waals surface area contributed by atoms with Crippen LogP contribution in [0.5, 0.6) is 5.75 Å². The predicted octanol–water partition coefficient (Wildman–Crippen LogP) is 3.43. The van der Waals surface area contributed by atoms with Gasteiger partial charge in [0.2, 0.25) is 5.78 Å². The van der Waals surface area contributed by atoms with Crippen LogP contribution < -0.4 is 4.74 Å². The fraction of sp³-hybridized carbons (Fsp3) is 0.158. The molecule has 8 heteroatoms. The Hall–Kier alpha value is -3.68. The van der Waals surface area contributed by atoms with Crippen molar-refractivity contribution >= 4 is 28.3 Å². The van der Waals surface area contributed by atoms with E-state index < -0.39 is 17.5 Å². The average Bonchev–Trinajstić information content (AvgIpc) is 3.00. The highest BCUT2D eigenvalue weighted by atomic mass is 16.6. The molecule has 0 spiro atoms. The zero-order valence-electron chi connectivity index (χ0n) is 14.6. The Balaban J connectivity index is 1.81. The van der Waals surface area contributed by atoms with Crippen molar-refractivity contribution in [2.45, 2.75) is 6.92 Å². The third kappa shape index (κ3) is 3.50. The number of esters is 1. The Morgan fingerprint density at radius 3 is 2.63 bits per heavy atom. The number of aromatic nitrogens is 1. The number of aryl methyl sites for hydroxylation is 1. The smallest absolute Gasteiger partial charge is 0.342 e. The van der Waals surface area contributed by atoms with Gasteiger partial charge in [-0.05, 0) is 19.1 Å². The number of methoxy groups -OCH3 is 1. The number of H-pyrrole nitrogens is 1. The normalized spacial score (nSPS) is 10.6. The molecule has 3 aromatic rings. The molecule has 3 rings (SSSR count). The minimum absolute atomic E-state index is 0.116. The van der Waals surface area contributed by atoms with Crippen molar-refractivity contribution in [3.05, 3.63) is 69.4 Å². The number of nitro benzene ring substituents is 1. The highest BCUT2D eigenvalue weighted by Crippen LogP contribution is 2.25. The molecule has 0 fully saturated rings. The second-order valence-corrected chi connectivity index (χ2v) is 5.81. The Bertz CT molecular complexity index is 1050. The largest absolute Gasteiger partial charge is 0.496 e. The summed E-state index contributed by atoms with van der Waals surface area (Å²) in [6.45, 7) is 1.27. The Labute approximate surface area is 153 Å². The van der Waals surface area contributed by atoms with Crippen LogP contribution in [0.1, 0.15) is 26.4 Å². The lowest BCUT2D eigenvalue weighted by molar-refractivity contribution is -0.384. The molecule has 1 heterocycles. The van der Waals surface area contributed by atoms with Crippen LogP contribution in [0, 0.1) is 17.0 Å². The summed E-state index contributed by atoms with van der Waals surface area (Å²) < 4.78 is 10.1. The van der Waals surface area contributed by atoms with E-state index in [0.717, 1.165) is 17.0 Å². The van der Waals surface area contributed by atoms with E-state index in [4.69, 9.17) is 9.47 Å². The van der Waals surface area contributed by atoms with E-state index in [-0.39, 0.29) is 22.8 Å². The molecule has 0 radical (unpaired) electrons. The van der Waals surface area contributed by atoms with Gasteiger partial charge in [0.1, 0.15) is 11.3 Å². The summed E-state index contributed by atoms with van der Waals surface area (Å²) in [5, 5.41) is 11.7. The van der Waals surface area contributed by atoms with Crippen LogP contribution in [-0.4, -0.2) is 35.4 Å². The van der Waals surface area contributed by atoms with Crippen molar-refractivity contribution in [3.63, 3.8) is 0 Å². The first-order valence-corrected chi connectivity index (χ1v) is 8.02. The fourth-order valence-corrected chi connectivity index (χ4v) is 2.89. The van der Waals surface area contributed by atoms with Gasteiger partial charge >= 0.3 is 5.97 Å². The van der Waals surface area contributed by atoms with E-state index >= 15 is 0 Å². The monoisotopic (exact) mass is 368 g/mol. The number of nitro groups is 1. The zero-order chi connectivity index (χ0) is 19.6. The third-order valence-electron chi connectivity index (χ3n) is 4.12. The summed E-state index contributed by atoms with van der Waals surface area (Å²) in [6, 6.07) is 10.9. The molecule has 0 amide bonds. The van der Waals surface area contributed by atoms with Gasteiger partial charge in [0, 0.05) is 34.3 Å². The number of nitrogens with one attached hydrogen (secondary N) is 1. The van der Waals surface area contributed by atoms with Crippen molar-refractivity contribution in [1.29, 1.82) is 0 Å². The van der Waals surface area contributed by atoms with Crippen LogP contribution in [0.3, 0.4) is 0 Å². The summed E-state index contributed by atoms with van der Waals surface area (Å²) in [4.78, 5) is 38.3. The summed E-state index contributed by atoms with van der Waals surface area (Å²) in [5.41, 5.74) is 1.54. The summed E-state index contributed by atoms with van der Waals surface area (Å²) in [7, 11) is 1.33. The maximum atomic E-state index is 12.6. The van der Waals surface area contributed by atoms with Gasteiger partial charge in [0.25, 0.3) is 5.69 Å². The molecule has 138 valence electrons. The average molecular weight is 368 g/mol. The number of carbonyl (C=O) groups excluding carboxylic acids is 2. The van der Waals surface area contributed by atoms with Gasteiger partial charge < -0.3 is 14.5 Å². The number of ketones is 1. The predicted molar refractivity (Wildman–Crippen MR) is 97.3 cm³/mol. The van der Waals surface area contributed by atoms with Crippen molar-refractivity contribution in [2.24, 2.45) is 0 Å². The molecule has 0 bridgehead atoms. The van der Waals surface area contributed by atoms with Crippen LogP contribution in [-0.2, 0) is 4.74 Å². The van der Waals surface area contributed by atoms with Crippen LogP contribution in [0.15, 0.2) is 42.5 Å². The van der Waals surface area contributed by atoms with Crippen LogP contribution in [0.25, 0.3) is 10.9 Å². The Kier molecular flexibility index (Phi) is 4.89. The first kappa shape index (κ1) is 18.1. The molecule has 0 aliphatic heterocycles. The van der Waals surface area contributed by atoms with Crippen LogP contribution in [0.4, 0.5) is 5.69 Å². The SMILES string of the molecule is COc1ccc([N+](=O)[O-])cc1C(=O)OCC(=O)c1c(C)[nH]c2ccccc12. The lowest BCUT2D eigenvalue weighted by Crippen LogP contribution is -2.15. The third-order valence-corrected chi connectivity index (χ3v) is 4.12. The molecule has 0 atom stereocenters. The number of non-ortho nitro benzene ring substituents is 1. The lowest BCUT2D eigenvalue weighted by Gasteiger charge is -2.08. The van der Waals surface area contributed by atoms with Crippen molar-refractivity contribution in [1.82, 2.24) is 4.98 Å². The van der Waals surface area contributed by atoms with E-state index in [9.17, 15) is 19.7 Å². The molecule has 0 aliphatic rings. The summed E-state index contributed by atoms with van der Waals surface area (Å²) in [6.07, 6.45) is 0. The number of nitrogens with zero attached hydrogens (tertiary/aromatic N) is 1. The number of para-hydroxylation sites is 1. The number of rotatable bonds is 6. The van der Waals surface area contributed by atoms with E-state index in [0.29, 0.717) is 11.3 Å². The van der Waals surface area contributed by atoms with Gasteiger partial charge in [-0.1, -0.05) is 18.2 Å². The topological polar surface area (TPSA) is 112 Å². The molecule has 0 saturated heterocycles. The van der Waals surface area contributed by atoms with Gasteiger partial charge in [0.15, 0.2) is 6.61 Å². The first-order chi connectivity index (χ1) is 12.9.